The first-order valence-electron chi connectivity index (χ1n) is 4.80. The lowest BCUT2D eigenvalue weighted by molar-refractivity contribution is 0.132. The lowest BCUT2D eigenvalue weighted by atomic mass is 10.0. The van der Waals surface area contributed by atoms with Gasteiger partial charge in [-0.15, -0.1) is 0 Å². The lowest BCUT2D eigenvalue weighted by Crippen LogP contribution is -2.18. The van der Waals surface area contributed by atoms with Gasteiger partial charge in [-0.3, -0.25) is 4.39 Å². The van der Waals surface area contributed by atoms with Gasteiger partial charge in [0.15, 0.2) is 0 Å². The van der Waals surface area contributed by atoms with Gasteiger partial charge in [-0.25, -0.2) is 0 Å². The van der Waals surface area contributed by atoms with E-state index < -0.39 is 18.8 Å². The molecule has 1 aromatic carbocycles. The number of hydrogen-bond donors (Lipinski definition) is 2. The van der Waals surface area contributed by atoms with Crippen molar-refractivity contribution in [2.24, 2.45) is 10.8 Å². The summed E-state index contributed by atoms with van der Waals surface area (Å²) in [7, 11) is 0. The van der Waals surface area contributed by atoms with Crippen LogP contribution in [0.25, 0.3) is 10.4 Å². The Morgan fingerprint density at radius 1 is 1.44 bits per heavy atom. The number of halogens is 1. The second-order valence-corrected chi connectivity index (χ2v) is 3.32. The monoisotopic (exact) mass is 224 g/mol. The van der Waals surface area contributed by atoms with Gasteiger partial charge in [-0.05, 0) is 16.7 Å². The molecule has 0 aliphatic rings. The van der Waals surface area contributed by atoms with Crippen LogP contribution in [0.2, 0.25) is 0 Å². The summed E-state index contributed by atoms with van der Waals surface area (Å²) in [5, 5.41) is 12.9. The van der Waals surface area contributed by atoms with Crippen molar-refractivity contribution in [3.05, 3.63) is 45.8 Å². The Bertz CT molecular complexity index is 375. The number of benzene rings is 1. The van der Waals surface area contributed by atoms with Gasteiger partial charge < -0.3 is 10.8 Å². The molecule has 0 aliphatic heterocycles. The highest BCUT2D eigenvalue weighted by atomic mass is 19.1. The summed E-state index contributed by atoms with van der Waals surface area (Å²) in [6.07, 6.45) is -1.13. The molecule has 0 unspecified atom stereocenters. The van der Waals surface area contributed by atoms with Crippen LogP contribution in [0.5, 0.6) is 0 Å². The predicted octanol–water partition coefficient (Wildman–Crippen LogP) is 1.83. The molecule has 6 heteroatoms. The highest BCUT2D eigenvalue weighted by molar-refractivity contribution is 5.25. The van der Waals surface area contributed by atoms with E-state index in [1.54, 1.807) is 24.3 Å². The van der Waals surface area contributed by atoms with E-state index >= 15 is 0 Å². The molecule has 1 rings (SSSR count). The van der Waals surface area contributed by atoms with Crippen LogP contribution in [0.1, 0.15) is 17.2 Å². The van der Waals surface area contributed by atoms with E-state index in [9.17, 15) is 9.50 Å². The minimum absolute atomic E-state index is 0.402. The number of azide groups is 1. The quantitative estimate of drug-likeness (QED) is 0.453. The Morgan fingerprint density at radius 3 is 2.50 bits per heavy atom. The summed E-state index contributed by atoms with van der Waals surface area (Å²) < 4.78 is 12.5. The predicted molar refractivity (Wildman–Crippen MR) is 58.2 cm³/mol. The molecule has 0 fully saturated rings. The molecule has 0 radical (unpaired) electrons. The Balaban J connectivity index is 2.85. The molecule has 1 aromatic rings. The van der Waals surface area contributed by atoms with Crippen LogP contribution in [0.4, 0.5) is 4.39 Å². The number of nitrogens with zero attached hydrogens (tertiary/aromatic N) is 3. The topological polar surface area (TPSA) is 95.0 Å². The summed E-state index contributed by atoms with van der Waals surface area (Å²) in [5.74, 6) is 0. The van der Waals surface area contributed by atoms with E-state index in [2.05, 4.69) is 10.0 Å². The average Bonchev–Trinajstić information content (AvgIpc) is 2.35. The molecule has 86 valence electrons. The lowest BCUT2D eigenvalue weighted by Gasteiger charge is -2.15. The Kier molecular flexibility index (Phi) is 4.72. The average molecular weight is 224 g/mol. The number of hydrogen-bond acceptors (Lipinski definition) is 3. The third-order valence-electron chi connectivity index (χ3n) is 2.28. The molecular weight excluding hydrogens is 211 g/mol. The van der Waals surface area contributed by atoms with Crippen LogP contribution >= 0.6 is 0 Å². The van der Waals surface area contributed by atoms with Gasteiger partial charge in [-0.2, -0.15) is 0 Å². The molecular formula is C10H13FN4O. The molecule has 2 atom stereocenters. The standard InChI is InChI=1S/C10H13FN4O/c11-5-9(14-15-13)10(16)8-3-1-7(6-12)2-4-8/h1-4,9-10,16H,5-6,12H2/t9-,10-/m1/s1. The molecule has 0 amide bonds. The first kappa shape index (κ1) is 12.4. The van der Waals surface area contributed by atoms with Crippen molar-refractivity contribution in [2.45, 2.75) is 18.7 Å². The van der Waals surface area contributed by atoms with Gasteiger partial charge in [0.2, 0.25) is 0 Å². The third-order valence-corrected chi connectivity index (χ3v) is 2.28. The molecule has 0 aromatic heterocycles. The van der Waals surface area contributed by atoms with Crippen molar-refractivity contribution < 1.29 is 9.50 Å². The number of aliphatic hydroxyl groups is 1. The Labute approximate surface area is 92.3 Å². The summed E-state index contributed by atoms with van der Waals surface area (Å²) in [5.41, 5.74) is 15.1. The van der Waals surface area contributed by atoms with Gasteiger partial charge in [0.05, 0.1) is 12.1 Å². The minimum Gasteiger partial charge on any atom is -0.388 e. The molecule has 5 nitrogen and oxygen atoms in total. The zero-order valence-electron chi connectivity index (χ0n) is 8.62. The van der Waals surface area contributed by atoms with Gasteiger partial charge in [0, 0.05) is 11.5 Å². The summed E-state index contributed by atoms with van der Waals surface area (Å²) in [6, 6.07) is 5.67. The first-order valence-corrected chi connectivity index (χ1v) is 4.80. The van der Waals surface area contributed by atoms with Crippen molar-refractivity contribution >= 4 is 0 Å². The molecule has 16 heavy (non-hydrogen) atoms. The van der Waals surface area contributed by atoms with Crippen molar-refractivity contribution in [2.75, 3.05) is 6.67 Å². The summed E-state index contributed by atoms with van der Waals surface area (Å²) in [4.78, 5) is 2.49. The summed E-state index contributed by atoms with van der Waals surface area (Å²) in [6.45, 7) is -0.497. The maximum absolute atomic E-state index is 12.5. The molecule has 0 aliphatic carbocycles. The van der Waals surface area contributed by atoms with Crippen molar-refractivity contribution in [1.29, 1.82) is 0 Å². The van der Waals surface area contributed by atoms with Crippen LogP contribution in [0, 0.1) is 0 Å². The molecule has 0 bridgehead atoms. The van der Waals surface area contributed by atoms with Crippen molar-refractivity contribution in [3.8, 4) is 0 Å². The van der Waals surface area contributed by atoms with E-state index in [4.69, 9.17) is 11.3 Å². The van der Waals surface area contributed by atoms with Crippen LogP contribution in [-0.4, -0.2) is 17.8 Å². The van der Waals surface area contributed by atoms with E-state index in [-0.39, 0.29) is 0 Å². The van der Waals surface area contributed by atoms with Gasteiger partial charge in [0.1, 0.15) is 6.67 Å². The van der Waals surface area contributed by atoms with E-state index in [1.807, 2.05) is 0 Å². The van der Waals surface area contributed by atoms with E-state index in [0.717, 1.165) is 5.56 Å². The maximum Gasteiger partial charge on any atom is 0.101 e. The largest absolute Gasteiger partial charge is 0.388 e. The number of aliphatic hydroxyl groups excluding tert-OH is 1. The van der Waals surface area contributed by atoms with Crippen molar-refractivity contribution in [3.63, 3.8) is 0 Å². The maximum atomic E-state index is 12.5. The van der Waals surface area contributed by atoms with Gasteiger partial charge in [0.25, 0.3) is 0 Å². The zero-order chi connectivity index (χ0) is 12.0. The molecule has 0 saturated carbocycles. The molecule has 0 spiro atoms. The number of nitrogens with two attached hydrogens (primary N) is 1. The fourth-order valence-corrected chi connectivity index (χ4v) is 1.32. The van der Waals surface area contributed by atoms with Crippen molar-refractivity contribution in [1.82, 2.24) is 0 Å². The number of rotatable bonds is 5. The fourth-order valence-electron chi connectivity index (χ4n) is 1.32. The van der Waals surface area contributed by atoms with Gasteiger partial charge >= 0.3 is 0 Å². The highest BCUT2D eigenvalue weighted by Crippen LogP contribution is 2.20. The minimum atomic E-state index is -1.13. The Hall–Kier alpha value is -1.62. The second kappa shape index (κ2) is 6.07. The Morgan fingerprint density at radius 2 is 2.06 bits per heavy atom. The molecule has 3 N–H and O–H groups in total. The van der Waals surface area contributed by atoms with Gasteiger partial charge in [-0.1, -0.05) is 29.4 Å². The SMILES string of the molecule is [N-]=[N+]=N[C@H](CF)[C@H](O)c1ccc(CN)cc1. The fraction of sp³-hybridized carbons (Fsp3) is 0.400. The molecule has 0 saturated heterocycles. The van der Waals surface area contributed by atoms with E-state index in [1.165, 1.54) is 0 Å². The molecule has 0 heterocycles. The van der Waals surface area contributed by atoms with E-state index in [0.29, 0.717) is 12.1 Å². The number of alkyl halides is 1. The normalized spacial score (nSPS) is 13.9. The summed E-state index contributed by atoms with van der Waals surface area (Å²) >= 11 is 0. The highest BCUT2D eigenvalue weighted by Gasteiger charge is 2.19. The second-order valence-electron chi connectivity index (χ2n) is 3.32. The van der Waals surface area contributed by atoms with Crippen LogP contribution in [-0.2, 0) is 6.54 Å². The van der Waals surface area contributed by atoms with Crippen LogP contribution in [0.3, 0.4) is 0 Å². The van der Waals surface area contributed by atoms with Crippen LogP contribution < -0.4 is 5.73 Å². The first-order chi connectivity index (χ1) is 7.72. The third kappa shape index (κ3) is 2.93. The van der Waals surface area contributed by atoms with Crippen LogP contribution in [0.15, 0.2) is 29.4 Å². The zero-order valence-corrected chi connectivity index (χ0v) is 8.62. The smallest absolute Gasteiger partial charge is 0.101 e.